The summed E-state index contributed by atoms with van der Waals surface area (Å²) in [6.07, 6.45) is 8.30. The predicted octanol–water partition coefficient (Wildman–Crippen LogP) is 3.81. The van der Waals surface area contributed by atoms with Crippen LogP contribution in [0.25, 0.3) is 0 Å². The van der Waals surface area contributed by atoms with Crippen LogP contribution in [-0.4, -0.2) is 4.90 Å². The minimum Gasteiger partial charge on any atom is -0.126 e. The Bertz CT molecular complexity index is 148. The Labute approximate surface area is 81.7 Å². The largest absolute Gasteiger partial charge is 0.126 e. The van der Waals surface area contributed by atoms with Crippen LogP contribution in [0.15, 0.2) is 0 Å². The Balaban J connectivity index is 2.81. The maximum Gasteiger partial charge on any atom is 0.00485 e. The predicted molar refractivity (Wildman–Crippen MR) is 63.6 cm³/mol. The molecule has 72 valence electrons. The van der Waals surface area contributed by atoms with Crippen LogP contribution in [-0.2, 0) is 0 Å². The Hall–Kier alpha value is 0.860. The summed E-state index contributed by atoms with van der Waals surface area (Å²) < 4.78 is 0. The SMILES string of the molecule is CCC1(CC)CCCCC1(P)P. The van der Waals surface area contributed by atoms with Crippen LogP contribution in [0, 0.1) is 5.41 Å². The van der Waals surface area contributed by atoms with Crippen LogP contribution in [0.4, 0.5) is 0 Å². The van der Waals surface area contributed by atoms with Crippen molar-refractivity contribution in [2.45, 2.75) is 57.3 Å². The van der Waals surface area contributed by atoms with Gasteiger partial charge in [0, 0.05) is 4.90 Å². The number of rotatable bonds is 2. The van der Waals surface area contributed by atoms with Crippen molar-refractivity contribution in [2.75, 3.05) is 0 Å². The zero-order valence-corrected chi connectivity index (χ0v) is 10.7. The van der Waals surface area contributed by atoms with E-state index >= 15 is 0 Å². The van der Waals surface area contributed by atoms with E-state index in [0.717, 1.165) is 0 Å². The molecule has 0 aromatic carbocycles. The summed E-state index contributed by atoms with van der Waals surface area (Å²) in [6.45, 7) is 4.69. The highest BCUT2D eigenvalue weighted by molar-refractivity contribution is 7.40. The molecule has 1 aliphatic carbocycles. The summed E-state index contributed by atoms with van der Waals surface area (Å²) in [6, 6.07) is 0. The van der Waals surface area contributed by atoms with Gasteiger partial charge in [0.25, 0.3) is 0 Å². The van der Waals surface area contributed by atoms with Gasteiger partial charge in [-0.2, -0.15) is 0 Å². The molecule has 0 nitrogen and oxygen atoms in total. The van der Waals surface area contributed by atoms with E-state index < -0.39 is 0 Å². The normalized spacial score (nSPS) is 27.0. The Morgan fingerprint density at radius 2 is 1.50 bits per heavy atom. The molecular weight excluding hydrogens is 182 g/mol. The summed E-state index contributed by atoms with van der Waals surface area (Å²) in [5.41, 5.74) is 0.584. The standard InChI is InChI=1S/C10H22P2/c1-3-9(4-2)7-5-6-8-10(9,11)12/h3-8,11-12H2,1-2H3. The monoisotopic (exact) mass is 204 g/mol. The van der Waals surface area contributed by atoms with E-state index in [1.807, 2.05) is 0 Å². The fraction of sp³-hybridized carbons (Fsp3) is 1.00. The summed E-state index contributed by atoms with van der Waals surface area (Å²) >= 11 is 0. The fourth-order valence-electron chi connectivity index (χ4n) is 2.64. The highest BCUT2D eigenvalue weighted by Gasteiger charge is 2.43. The van der Waals surface area contributed by atoms with Gasteiger partial charge in [-0.05, 0) is 31.1 Å². The molecule has 2 heteroatoms. The van der Waals surface area contributed by atoms with E-state index in [1.165, 1.54) is 38.5 Å². The van der Waals surface area contributed by atoms with Gasteiger partial charge in [0.1, 0.15) is 0 Å². The molecule has 0 aliphatic heterocycles. The molecule has 0 spiro atoms. The molecule has 0 bridgehead atoms. The molecule has 0 aromatic heterocycles. The molecule has 0 radical (unpaired) electrons. The van der Waals surface area contributed by atoms with E-state index in [-0.39, 0.29) is 0 Å². The second kappa shape index (κ2) is 3.93. The Morgan fingerprint density at radius 1 is 1.00 bits per heavy atom. The first-order valence-corrected chi connectivity index (χ1v) is 6.31. The maximum absolute atomic E-state index is 3.09. The zero-order chi connectivity index (χ0) is 9.24. The topological polar surface area (TPSA) is 0 Å². The molecule has 12 heavy (non-hydrogen) atoms. The molecule has 1 rings (SSSR count). The van der Waals surface area contributed by atoms with Crippen LogP contribution in [0.5, 0.6) is 0 Å². The van der Waals surface area contributed by atoms with Gasteiger partial charge in [-0.1, -0.05) is 26.7 Å². The maximum atomic E-state index is 3.09. The summed E-state index contributed by atoms with van der Waals surface area (Å²) in [5.74, 6) is 0. The van der Waals surface area contributed by atoms with Crippen molar-refractivity contribution < 1.29 is 0 Å². The van der Waals surface area contributed by atoms with Crippen LogP contribution in [0.3, 0.4) is 0 Å². The van der Waals surface area contributed by atoms with Crippen LogP contribution < -0.4 is 0 Å². The van der Waals surface area contributed by atoms with E-state index in [2.05, 4.69) is 32.3 Å². The second-order valence-corrected chi connectivity index (χ2v) is 6.96. The molecule has 1 aliphatic rings. The van der Waals surface area contributed by atoms with Gasteiger partial charge >= 0.3 is 0 Å². The summed E-state index contributed by atoms with van der Waals surface area (Å²) in [7, 11) is 6.17. The van der Waals surface area contributed by atoms with Crippen molar-refractivity contribution in [3.8, 4) is 0 Å². The number of hydrogen-bond donors (Lipinski definition) is 0. The third kappa shape index (κ3) is 1.71. The first kappa shape index (κ1) is 10.9. The smallest absolute Gasteiger partial charge is 0.00485 e. The zero-order valence-electron chi connectivity index (χ0n) is 8.40. The first-order valence-electron chi connectivity index (χ1n) is 5.16. The van der Waals surface area contributed by atoms with Crippen LogP contribution in [0.1, 0.15) is 52.4 Å². The minimum atomic E-state index is 0.425. The molecule has 2 atom stereocenters. The van der Waals surface area contributed by atoms with Gasteiger partial charge in [-0.15, -0.1) is 18.5 Å². The summed E-state index contributed by atoms with van der Waals surface area (Å²) in [5, 5.41) is 0. The van der Waals surface area contributed by atoms with Gasteiger partial charge in [0.2, 0.25) is 0 Å². The first-order chi connectivity index (χ1) is 5.58. The van der Waals surface area contributed by atoms with E-state index in [4.69, 9.17) is 0 Å². The highest BCUT2D eigenvalue weighted by atomic mass is 31.1. The van der Waals surface area contributed by atoms with Crippen LogP contribution in [0.2, 0.25) is 0 Å². The molecule has 0 heterocycles. The van der Waals surface area contributed by atoms with Crippen molar-refractivity contribution in [3.63, 3.8) is 0 Å². The summed E-state index contributed by atoms with van der Waals surface area (Å²) in [4.78, 5) is 0.425. The van der Waals surface area contributed by atoms with Crippen molar-refractivity contribution >= 4 is 18.5 Å². The molecule has 1 saturated carbocycles. The lowest BCUT2D eigenvalue weighted by molar-refractivity contribution is 0.164. The van der Waals surface area contributed by atoms with Crippen molar-refractivity contribution in [1.29, 1.82) is 0 Å². The van der Waals surface area contributed by atoms with Gasteiger partial charge in [0.15, 0.2) is 0 Å². The Kier molecular flexibility index (Phi) is 3.58. The van der Waals surface area contributed by atoms with Crippen molar-refractivity contribution in [3.05, 3.63) is 0 Å². The van der Waals surface area contributed by atoms with E-state index in [0.29, 0.717) is 10.3 Å². The van der Waals surface area contributed by atoms with Gasteiger partial charge in [0.05, 0.1) is 0 Å². The molecule has 0 aromatic rings. The lowest BCUT2D eigenvalue weighted by Gasteiger charge is -2.49. The van der Waals surface area contributed by atoms with Crippen LogP contribution >= 0.6 is 18.5 Å². The van der Waals surface area contributed by atoms with Crippen molar-refractivity contribution in [1.82, 2.24) is 0 Å². The lowest BCUT2D eigenvalue weighted by Crippen LogP contribution is -2.40. The minimum absolute atomic E-state index is 0.425. The highest BCUT2D eigenvalue weighted by Crippen LogP contribution is 2.57. The molecule has 0 N–H and O–H groups in total. The van der Waals surface area contributed by atoms with Gasteiger partial charge < -0.3 is 0 Å². The molecular formula is C10H22P2. The quantitative estimate of drug-likeness (QED) is 0.600. The van der Waals surface area contributed by atoms with E-state index in [9.17, 15) is 0 Å². The average molecular weight is 204 g/mol. The Morgan fingerprint density at radius 3 is 1.83 bits per heavy atom. The lowest BCUT2D eigenvalue weighted by atomic mass is 9.69. The van der Waals surface area contributed by atoms with Gasteiger partial charge in [-0.25, -0.2) is 0 Å². The average Bonchev–Trinajstić information content (AvgIpc) is 2.05. The van der Waals surface area contributed by atoms with E-state index in [1.54, 1.807) is 0 Å². The van der Waals surface area contributed by atoms with Gasteiger partial charge in [-0.3, -0.25) is 0 Å². The molecule has 0 amide bonds. The third-order valence-electron chi connectivity index (χ3n) is 3.84. The fourth-order valence-corrected chi connectivity index (χ4v) is 4.15. The number of hydrogen-bond acceptors (Lipinski definition) is 0. The third-order valence-corrected chi connectivity index (χ3v) is 5.64. The van der Waals surface area contributed by atoms with Crippen molar-refractivity contribution in [2.24, 2.45) is 5.41 Å². The molecule has 0 saturated heterocycles. The second-order valence-electron chi connectivity index (χ2n) is 4.23. The molecule has 2 unspecified atom stereocenters. The molecule has 1 fully saturated rings.